The van der Waals surface area contributed by atoms with Crippen LogP contribution in [0.3, 0.4) is 0 Å². The van der Waals surface area contributed by atoms with Crippen molar-refractivity contribution < 1.29 is 4.79 Å². The number of carbonyl (C=O) groups is 1. The molecule has 26 heavy (non-hydrogen) atoms. The smallest absolute Gasteiger partial charge is 0.277 e. The molecule has 1 saturated heterocycles. The van der Waals surface area contributed by atoms with Gasteiger partial charge in [-0.3, -0.25) is 4.79 Å². The number of anilines is 1. The summed E-state index contributed by atoms with van der Waals surface area (Å²) in [6.45, 7) is 1.99. The van der Waals surface area contributed by atoms with Crippen molar-refractivity contribution in [2.24, 2.45) is 0 Å². The van der Waals surface area contributed by atoms with Crippen LogP contribution in [-0.4, -0.2) is 45.9 Å². The highest BCUT2D eigenvalue weighted by Gasteiger charge is 2.24. The van der Waals surface area contributed by atoms with Gasteiger partial charge in [0.1, 0.15) is 0 Å². The Hall–Kier alpha value is -2.73. The summed E-state index contributed by atoms with van der Waals surface area (Å²) in [5.41, 5.74) is 3.94. The zero-order valence-electron chi connectivity index (χ0n) is 14.8. The topological polar surface area (TPSA) is 63.1 Å². The van der Waals surface area contributed by atoms with Gasteiger partial charge in [0.2, 0.25) is 0 Å². The lowest BCUT2D eigenvalue weighted by Gasteiger charge is -2.10. The van der Waals surface area contributed by atoms with E-state index in [9.17, 15) is 4.79 Å². The second-order valence-corrected chi connectivity index (χ2v) is 7.35. The van der Waals surface area contributed by atoms with Crippen LogP contribution >= 0.6 is 0 Å². The van der Waals surface area contributed by atoms with Crippen LogP contribution in [0.15, 0.2) is 36.5 Å². The normalized spacial score (nSPS) is 19.3. The molecule has 1 aromatic heterocycles. The molecule has 2 aromatic carbocycles. The van der Waals surface area contributed by atoms with Crippen molar-refractivity contribution in [1.82, 2.24) is 19.9 Å². The van der Waals surface area contributed by atoms with Crippen LogP contribution in [0.4, 0.5) is 5.69 Å². The molecule has 132 valence electrons. The zero-order chi connectivity index (χ0) is 17.7. The van der Waals surface area contributed by atoms with E-state index in [1.54, 1.807) is 6.20 Å². The number of likely N-dealkylation sites (tertiary alicyclic amines) is 1. The summed E-state index contributed by atoms with van der Waals surface area (Å²) in [5.74, 6) is -0.207. The Labute approximate surface area is 151 Å². The van der Waals surface area contributed by atoms with Gasteiger partial charge in [0.25, 0.3) is 5.91 Å². The SMILES string of the molecule is CN1CCC(n2cc(C(=O)Nc3ccc4c5c(cccc35)CC4)nn2)C1. The fraction of sp³-hybridized carbons (Fsp3) is 0.350. The monoisotopic (exact) mass is 347 g/mol. The molecule has 0 spiro atoms. The first-order chi connectivity index (χ1) is 12.7. The predicted octanol–water partition coefficient (Wildman–Crippen LogP) is 2.66. The Kier molecular flexibility index (Phi) is 3.53. The number of hydrogen-bond acceptors (Lipinski definition) is 4. The van der Waals surface area contributed by atoms with Crippen molar-refractivity contribution in [2.75, 3.05) is 25.5 Å². The first-order valence-electron chi connectivity index (χ1n) is 9.14. The van der Waals surface area contributed by atoms with Crippen LogP contribution in [-0.2, 0) is 12.8 Å². The highest BCUT2D eigenvalue weighted by molar-refractivity contribution is 6.09. The van der Waals surface area contributed by atoms with Crippen molar-refractivity contribution in [3.05, 3.63) is 53.3 Å². The first-order valence-corrected chi connectivity index (χ1v) is 9.14. The van der Waals surface area contributed by atoms with Crippen LogP contribution in [0.5, 0.6) is 0 Å². The minimum atomic E-state index is -0.207. The van der Waals surface area contributed by atoms with Crippen molar-refractivity contribution in [3.8, 4) is 0 Å². The van der Waals surface area contributed by atoms with Gasteiger partial charge in [-0.1, -0.05) is 29.5 Å². The largest absolute Gasteiger partial charge is 0.320 e. The summed E-state index contributed by atoms with van der Waals surface area (Å²) in [6, 6.07) is 10.7. The van der Waals surface area contributed by atoms with E-state index >= 15 is 0 Å². The average molecular weight is 347 g/mol. The van der Waals surface area contributed by atoms with E-state index in [4.69, 9.17) is 0 Å². The molecule has 1 fully saturated rings. The molecular weight excluding hydrogens is 326 g/mol. The number of amides is 1. The van der Waals surface area contributed by atoms with E-state index in [0.717, 1.165) is 43.4 Å². The standard InChI is InChI=1S/C20H21N5O/c1-24-10-9-15(11-24)25-12-18(22-23-25)20(26)21-17-8-7-14-6-5-13-3-2-4-16(17)19(13)14/h2-4,7-8,12,15H,5-6,9-11H2,1H3,(H,21,26). The molecule has 3 aromatic rings. The van der Waals surface area contributed by atoms with Gasteiger partial charge in [-0.05, 0) is 55.4 Å². The third kappa shape index (κ3) is 2.49. The van der Waals surface area contributed by atoms with Crippen LogP contribution in [0.2, 0.25) is 0 Å². The van der Waals surface area contributed by atoms with E-state index in [1.165, 1.54) is 16.5 Å². The summed E-state index contributed by atoms with van der Waals surface area (Å²) < 4.78 is 1.83. The molecule has 1 N–H and O–H groups in total. The maximum Gasteiger partial charge on any atom is 0.277 e. The molecular formula is C20H21N5O. The molecule has 2 heterocycles. The van der Waals surface area contributed by atoms with E-state index < -0.39 is 0 Å². The van der Waals surface area contributed by atoms with Crippen LogP contribution < -0.4 is 5.32 Å². The maximum absolute atomic E-state index is 12.7. The quantitative estimate of drug-likeness (QED) is 0.791. The average Bonchev–Trinajstić information content (AvgIpc) is 3.37. The molecule has 2 aliphatic rings. The number of carbonyl (C=O) groups excluding carboxylic acids is 1. The summed E-state index contributed by atoms with van der Waals surface area (Å²) in [7, 11) is 2.10. The Balaban J connectivity index is 1.41. The lowest BCUT2D eigenvalue weighted by Crippen LogP contribution is -2.17. The number of aromatic nitrogens is 3. The van der Waals surface area contributed by atoms with Gasteiger partial charge in [0.15, 0.2) is 5.69 Å². The molecule has 0 bridgehead atoms. The van der Waals surface area contributed by atoms with Crippen molar-refractivity contribution in [3.63, 3.8) is 0 Å². The van der Waals surface area contributed by atoms with Gasteiger partial charge in [-0.2, -0.15) is 0 Å². The predicted molar refractivity (Wildman–Crippen MR) is 100 cm³/mol. The summed E-state index contributed by atoms with van der Waals surface area (Å²) in [5, 5.41) is 13.7. The molecule has 0 saturated carbocycles. The van der Waals surface area contributed by atoms with Crippen molar-refractivity contribution >= 4 is 22.4 Å². The van der Waals surface area contributed by atoms with Crippen LogP contribution in [0.25, 0.3) is 10.8 Å². The third-order valence-corrected chi connectivity index (χ3v) is 5.61. The van der Waals surface area contributed by atoms with Gasteiger partial charge in [0, 0.05) is 17.6 Å². The first kappa shape index (κ1) is 15.5. The molecule has 1 unspecified atom stereocenters. The minimum absolute atomic E-state index is 0.207. The Morgan fingerprint density at radius 2 is 2.04 bits per heavy atom. The molecule has 1 aliphatic heterocycles. The van der Waals surface area contributed by atoms with Crippen LogP contribution in [0, 0.1) is 0 Å². The van der Waals surface area contributed by atoms with Crippen molar-refractivity contribution in [2.45, 2.75) is 25.3 Å². The second kappa shape index (κ2) is 5.92. The molecule has 5 rings (SSSR count). The summed E-state index contributed by atoms with van der Waals surface area (Å²) in [4.78, 5) is 15.0. The number of likely N-dealkylation sites (N-methyl/N-ethyl adjacent to an activating group) is 1. The molecule has 1 atom stereocenters. The lowest BCUT2D eigenvalue weighted by molar-refractivity contribution is 0.102. The number of rotatable bonds is 3. The Morgan fingerprint density at radius 3 is 2.85 bits per heavy atom. The highest BCUT2D eigenvalue weighted by atomic mass is 16.2. The number of nitrogens with zero attached hydrogens (tertiary/aromatic N) is 4. The van der Waals surface area contributed by atoms with Crippen LogP contribution in [0.1, 0.15) is 34.1 Å². The minimum Gasteiger partial charge on any atom is -0.320 e. The van der Waals surface area contributed by atoms with E-state index in [0.29, 0.717) is 11.7 Å². The van der Waals surface area contributed by atoms with Gasteiger partial charge < -0.3 is 10.2 Å². The zero-order valence-corrected chi connectivity index (χ0v) is 14.8. The van der Waals surface area contributed by atoms with Gasteiger partial charge >= 0.3 is 0 Å². The third-order valence-electron chi connectivity index (χ3n) is 5.61. The molecule has 6 nitrogen and oxygen atoms in total. The van der Waals surface area contributed by atoms with E-state index in [1.807, 2.05) is 10.7 Å². The lowest BCUT2D eigenvalue weighted by atomic mass is 10.0. The van der Waals surface area contributed by atoms with Gasteiger partial charge in [0.05, 0.1) is 12.2 Å². The Morgan fingerprint density at radius 1 is 1.19 bits per heavy atom. The number of nitrogens with one attached hydrogen (secondary N) is 1. The number of benzene rings is 2. The van der Waals surface area contributed by atoms with E-state index in [2.05, 4.69) is 51.8 Å². The molecule has 0 radical (unpaired) electrons. The maximum atomic E-state index is 12.7. The van der Waals surface area contributed by atoms with Gasteiger partial charge in [-0.25, -0.2) is 4.68 Å². The second-order valence-electron chi connectivity index (χ2n) is 7.35. The summed E-state index contributed by atoms with van der Waals surface area (Å²) in [6.07, 6.45) is 4.96. The Bertz CT molecular complexity index is 998. The number of aryl methyl sites for hydroxylation is 2. The molecule has 1 aliphatic carbocycles. The fourth-order valence-electron chi connectivity index (χ4n) is 4.23. The van der Waals surface area contributed by atoms with Crippen molar-refractivity contribution in [1.29, 1.82) is 0 Å². The summed E-state index contributed by atoms with van der Waals surface area (Å²) >= 11 is 0. The highest BCUT2D eigenvalue weighted by Crippen LogP contribution is 2.35. The molecule has 6 heteroatoms. The van der Waals surface area contributed by atoms with Gasteiger partial charge in [-0.15, -0.1) is 5.10 Å². The number of hydrogen-bond donors (Lipinski definition) is 1. The fourth-order valence-corrected chi connectivity index (χ4v) is 4.23. The van der Waals surface area contributed by atoms with E-state index in [-0.39, 0.29) is 5.91 Å². The molecule has 1 amide bonds.